The number of aliphatic hydroxyl groups excluding tert-OH is 1. The Balaban J connectivity index is 1.56. The summed E-state index contributed by atoms with van der Waals surface area (Å²) in [6.07, 6.45) is 0.280. The molecule has 0 saturated carbocycles. The number of rotatable bonds is 11. The second kappa shape index (κ2) is 12.4. The van der Waals surface area contributed by atoms with E-state index >= 15 is 0 Å². The van der Waals surface area contributed by atoms with E-state index < -0.39 is 26.6 Å². The van der Waals surface area contributed by atoms with Gasteiger partial charge < -0.3 is 23.7 Å². The van der Waals surface area contributed by atoms with Gasteiger partial charge in [-0.05, 0) is 39.5 Å². The van der Waals surface area contributed by atoms with Crippen LogP contribution in [0.15, 0.2) is 97.6 Å². The molecule has 3 aromatic carbocycles. The lowest BCUT2D eigenvalue weighted by Crippen LogP contribution is -2.67. The Morgan fingerprint density at radius 3 is 1.97 bits per heavy atom. The van der Waals surface area contributed by atoms with Crippen molar-refractivity contribution in [1.29, 1.82) is 0 Å². The van der Waals surface area contributed by atoms with Crippen LogP contribution < -0.4 is 15.1 Å². The Kier molecular flexibility index (Phi) is 9.23. The zero-order chi connectivity index (χ0) is 27.2. The van der Waals surface area contributed by atoms with Gasteiger partial charge in [-0.15, -0.1) is 6.58 Å². The molecule has 1 fully saturated rings. The van der Waals surface area contributed by atoms with E-state index in [1.54, 1.807) is 7.11 Å². The number of hydrogen-bond acceptors (Lipinski definition) is 5. The molecule has 0 bridgehead atoms. The molecule has 0 aliphatic carbocycles. The minimum absolute atomic E-state index is 0.163. The van der Waals surface area contributed by atoms with Gasteiger partial charge >= 0.3 is 0 Å². The molecule has 0 aromatic heterocycles. The van der Waals surface area contributed by atoms with Crippen LogP contribution in [0.5, 0.6) is 5.75 Å². The van der Waals surface area contributed by atoms with Crippen LogP contribution in [-0.4, -0.2) is 51.6 Å². The highest BCUT2D eigenvalue weighted by atomic mass is 28.4. The molecule has 6 heteroatoms. The Bertz CT molecular complexity index is 1100. The summed E-state index contributed by atoms with van der Waals surface area (Å²) in [4.78, 5) is 0. The molecule has 5 nitrogen and oxygen atoms in total. The van der Waals surface area contributed by atoms with E-state index in [-0.39, 0.29) is 17.7 Å². The Morgan fingerprint density at radius 2 is 1.47 bits per heavy atom. The molecule has 1 aliphatic heterocycles. The first-order valence-electron chi connectivity index (χ1n) is 13.2. The first-order valence-corrected chi connectivity index (χ1v) is 15.1. The molecule has 1 aliphatic rings. The zero-order valence-electron chi connectivity index (χ0n) is 22.9. The van der Waals surface area contributed by atoms with E-state index in [1.807, 2.05) is 42.5 Å². The molecule has 0 amide bonds. The van der Waals surface area contributed by atoms with E-state index in [0.717, 1.165) is 11.3 Å². The van der Waals surface area contributed by atoms with Crippen molar-refractivity contribution in [2.75, 3.05) is 13.7 Å². The highest BCUT2D eigenvalue weighted by molar-refractivity contribution is 6.99. The third kappa shape index (κ3) is 5.95. The second-order valence-electron chi connectivity index (χ2n) is 10.8. The number of ether oxygens (including phenoxy) is 3. The van der Waals surface area contributed by atoms with Gasteiger partial charge in [0.25, 0.3) is 8.32 Å². The SMILES string of the molecule is C=CC[C@H]1O[C@H](CO[Si](c2ccccc2)(c2ccccc2)C(C)(C)C)[C@@H](O)[C@H]1OCc1ccc(OC)cc1. The Morgan fingerprint density at radius 1 is 0.895 bits per heavy atom. The molecular weight excluding hydrogens is 492 g/mol. The summed E-state index contributed by atoms with van der Waals surface area (Å²) in [6, 6.07) is 28.7. The van der Waals surface area contributed by atoms with Gasteiger partial charge in [0.15, 0.2) is 0 Å². The Hall–Kier alpha value is -2.74. The largest absolute Gasteiger partial charge is 0.497 e. The van der Waals surface area contributed by atoms with Crippen molar-refractivity contribution in [2.45, 2.75) is 63.3 Å². The van der Waals surface area contributed by atoms with E-state index in [9.17, 15) is 5.11 Å². The highest BCUT2D eigenvalue weighted by Crippen LogP contribution is 2.38. The second-order valence-corrected chi connectivity index (χ2v) is 15.1. The molecular formula is C32H40O5Si. The number of methoxy groups -OCH3 is 1. The summed E-state index contributed by atoms with van der Waals surface area (Å²) in [6.45, 7) is 11.2. The molecule has 4 atom stereocenters. The molecule has 1 heterocycles. The number of aliphatic hydroxyl groups is 1. The van der Waals surface area contributed by atoms with Gasteiger partial charge in [0, 0.05) is 0 Å². The predicted molar refractivity (Wildman–Crippen MR) is 155 cm³/mol. The van der Waals surface area contributed by atoms with Crippen LogP contribution in [0.1, 0.15) is 32.8 Å². The molecule has 1 N–H and O–H groups in total. The van der Waals surface area contributed by atoms with Crippen LogP contribution in [0.4, 0.5) is 0 Å². The maximum atomic E-state index is 11.4. The van der Waals surface area contributed by atoms with Gasteiger partial charge in [-0.25, -0.2) is 0 Å². The van der Waals surface area contributed by atoms with Crippen LogP contribution in [0, 0.1) is 0 Å². The molecule has 202 valence electrons. The van der Waals surface area contributed by atoms with E-state index in [0.29, 0.717) is 13.0 Å². The lowest BCUT2D eigenvalue weighted by atomic mass is 10.1. The van der Waals surface area contributed by atoms with Crippen molar-refractivity contribution < 1.29 is 23.7 Å². The summed E-state index contributed by atoms with van der Waals surface area (Å²) in [5, 5.41) is 13.6. The average molecular weight is 533 g/mol. The van der Waals surface area contributed by atoms with Crippen molar-refractivity contribution in [3.05, 3.63) is 103 Å². The van der Waals surface area contributed by atoms with Gasteiger partial charge in [-0.3, -0.25) is 0 Å². The van der Waals surface area contributed by atoms with Crippen molar-refractivity contribution >= 4 is 18.7 Å². The zero-order valence-corrected chi connectivity index (χ0v) is 23.9. The van der Waals surface area contributed by atoms with Crippen LogP contribution in [-0.2, 0) is 20.5 Å². The number of benzene rings is 3. The fourth-order valence-corrected chi connectivity index (χ4v) is 9.96. The van der Waals surface area contributed by atoms with Gasteiger partial charge in [-0.1, -0.05) is 99.6 Å². The molecule has 1 saturated heterocycles. The minimum Gasteiger partial charge on any atom is -0.497 e. The predicted octanol–water partition coefficient (Wildman–Crippen LogP) is 4.86. The third-order valence-corrected chi connectivity index (χ3v) is 12.3. The normalized spacial score (nSPS) is 21.8. The molecule has 3 aromatic rings. The van der Waals surface area contributed by atoms with Crippen molar-refractivity contribution in [3.63, 3.8) is 0 Å². The van der Waals surface area contributed by atoms with Crippen molar-refractivity contribution in [1.82, 2.24) is 0 Å². The van der Waals surface area contributed by atoms with E-state index in [4.69, 9.17) is 18.6 Å². The lowest BCUT2D eigenvalue weighted by molar-refractivity contribution is -0.0450. The smallest absolute Gasteiger partial charge is 0.261 e. The van der Waals surface area contributed by atoms with Gasteiger partial charge in [0.2, 0.25) is 0 Å². The standard InChI is InChI=1S/C32H40O5Si/c1-6-13-28-31(35-22-24-18-20-25(34-5)21-19-24)30(33)29(37-28)23-36-38(32(2,3)4,26-14-9-7-10-15-26)27-16-11-8-12-17-27/h6-12,14-21,28-31,33H,1,13,22-23H2,2-5H3/t28-,29-,30-,31+/m1/s1. The lowest BCUT2D eigenvalue weighted by Gasteiger charge is -2.43. The van der Waals surface area contributed by atoms with Gasteiger partial charge in [0.1, 0.15) is 24.1 Å². The third-order valence-electron chi connectivity index (χ3n) is 7.31. The summed E-state index contributed by atoms with van der Waals surface area (Å²) < 4.78 is 24.9. The summed E-state index contributed by atoms with van der Waals surface area (Å²) in [5.74, 6) is 0.795. The van der Waals surface area contributed by atoms with Gasteiger partial charge in [0.05, 0.1) is 26.4 Å². The maximum Gasteiger partial charge on any atom is 0.261 e. The summed E-state index contributed by atoms with van der Waals surface area (Å²) >= 11 is 0. The fraction of sp³-hybridized carbons (Fsp3) is 0.375. The first-order chi connectivity index (χ1) is 18.3. The van der Waals surface area contributed by atoms with E-state index in [1.165, 1.54) is 10.4 Å². The number of hydrogen-bond donors (Lipinski definition) is 1. The fourth-order valence-electron chi connectivity index (χ4n) is 5.39. The molecule has 4 rings (SSSR count). The van der Waals surface area contributed by atoms with Crippen molar-refractivity contribution in [3.8, 4) is 5.75 Å². The van der Waals surface area contributed by atoms with Crippen LogP contribution >= 0.6 is 0 Å². The first kappa shape index (κ1) is 28.3. The maximum absolute atomic E-state index is 11.4. The Labute approximate surface area is 228 Å². The highest BCUT2D eigenvalue weighted by Gasteiger charge is 2.52. The van der Waals surface area contributed by atoms with Crippen LogP contribution in [0.3, 0.4) is 0 Å². The molecule has 38 heavy (non-hydrogen) atoms. The topological polar surface area (TPSA) is 57.2 Å². The van der Waals surface area contributed by atoms with Gasteiger partial charge in [-0.2, -0.15) is 0 Å². The summed E-state index contributed by atoms with van der Waals surface area (Å²) in [7, 11) is -1.11. The monoisotopic (exact) mass is 532 g/mol. The molecule has 0 unspecified atom stereocenters. The van der Waals surface area contributed by atoms with E-state index in [2.05, 4.69) is 75.9 Å². The van der Waals surface area contributed by atoms with Crippen molar-refractivity contribution in [2.24, 2.45) is 0 Å². The van der Waals surface area contributed by atoms with Crippen LogP contribution in [0.2, 0.25) is 5.04 Å². The minimum atomic E-state index is -2.75. The molecule has 0 spiro atoms. The summed E-state index contributed by atoms with van der Waals surface area (Å²) in [5.41, 5.74) is 1.00. The quantitative estimate of drug-likeness (QED) is 0.282. The van der Waals surface area contributed by atoms with Crippen LogP contribution in [0.25, 0.3) is 0 Å². The molecule has 0 radical (unpaired) electrons. The average Bonchev–Trinajstić information content (AvgIpc) is 3.22.